The van der Waals surface area contributed by atoms with Crippen LogP contribution in [0.3, 0.4) is 0 Å². The number of hydrogen-bond acceptors (Lipinski definition) is 3. The third-order valence-corrected chi connectivity index (χ3v) is 3.94. The molecule has 0 aliphatic heterocycles. The molecule has 1 saturated carbocycles. The lowest BCUT2D eigenvalue weighted by Gasteiger charge is -2.27. The molecule has 20 heavy (non-hydrogen) atoms. The molecule has 3 nitrogen and oxygen atoms in total. The first-order valence-corrected chi connectivity index (χ1v) is 7.32. The normalized spacial score (nSPS) is 14.9. The summed E-state index contributed by atoms with van der Waals surface area (Å²) in [4.78, 5) is 8.76. The van der Waals surface area contributed by atoms with Crippen molar-refractivity contribution in [1.82, 2.24) is 9.97 Å². The molecule has 2 aromatic rings. The number of nitrogens with zero attached hydrogens (tertiary/aromatic N) is 2. The first-order chi connectivity index (χ1) is 9.74. The van der Waals surface area contributed by atoms with Crippen molar-refractivity contribution < 1.29 is 4.74 Å². The Morgan fingerprint density at radius 3 is 2.60 bits per heavy atom. The lowest BCUT2D eigenvalue weighted by Crippen LogP contribution is -2.14. The van der Waals surface area contributed by atoms with E-state index in [2.05, 4.69) is 9.97 Å². The molecule has 0 unspecified atom stereocenters. The Labute approximate surface area is 124 Å². The second kappa shape index (κ2) is 5.80. The average molecular weight is 289 g/mol. The highest BCUT2D eigenvalue weighted by Gasteiger charge is 2.27. The number of ether oxygens (including phenoxy) is 1. The number of hydrogen-bond donors (Lipinski definition) is 0. The highest BCUT2D eigenvalue weighted by Crippen LogP contribution is 2.42. The van der Waals surface area contributed by atoms with Crippen molar-refractivity contribution in [3.63, 3.8) is 0 Å². The highest BCUT2D eigenvalue weighted by atomic mass is 35.5. The second-order valence-electron chi connectivity index (χ2n) is 5.18. The van der Waals surface area contributed by atoms with Crippen LogP contribution in [0, 0.1) is 6.92 Å². The fourth-order valence-corrected chi connectivity index (χ4v) is 2.64. The molecule has 0 radical (unpaired) electrons. The number of aryl methyl sites for hydroxylation is 1. The summed E-state index contributed by atoms with van der Waals surface area (Å²) in [6, 6.07) is 10.1. The minimum atomic E-state index is 0.426. The fraction of sp³-hybridized carbons (Fsp3) is 0.375. The Kier molecular flexibility index (Phi) is 3.88. The van der Waals surface area contributed by atoms with Gasteiger partial charge in [0.1, 0.15) is 12.4 Å². The molecule has 1 aliphatic rings. The van der Waals surface area contributed by atoms with Crippen LogP contribution in [-0.2, 0) is 6.61 Å². The molecule has 4 heteroatoms. The number of aromatic nitrogens is 2. The van der Waals surface area contributed by atoms with Crippen LogP contribution >= 0.6 is 11.6 Å². The molecule has 0 amide bonds. The molecule has 3 rings (SSSR count). The smallest absolute Gasteiger partial charge is 0.178 e. The molecule has 0 spiro atoms. The van der Waals surface area contributed by atoms with Gasteiger partial charge in [-0.3, -0.25) is 0 Å². The van der Waals surface area contributed by atoms with E-state index in [-0.39, 0.29) is 0 Å². The Morgan fingerprint density at radius 1 is 1.20 bits per heavy atom. The summed E-state index contributed by atoms with van der Waals surface area (Å²) in [5.41, 5.74) is 2.09. The van der Waals surface area contributed by atoms with Gasteiger partial charge in [-0.1, -0.05) is 48.4 Å². The lowest BCUT2D eigenvalue weighted by molar-refractivity contribution is 0.288. The van der Waals surface area contributed by atoms with E-state index in [9.17, 15) is 0 Å². The van der Waals surface area contributed by atoms with Crippen LogP contribution in [0.25, 0.3) is 0 Å². The molecule has 0 saturated heterocycles. The number of halogens is 1. The Morgan fingerprint density at radius 2 is 1.95 bits per heavy atom. The fourth-order valence-electron chi connectivity index (χ4n) is 2.37. The van der Waals surface area contributed by atoms with Gasteiger partial charge < -0.3 is 4.74 Å². The summed E-state index contributed by atoms with van der Waals surface area (Å²) in [7, 11) is 0. The van der Waals surface area contributed by atoms with Gasteiger partial charge in [0.25, 0.3) is 0 Å². The van der Waals surface area contributed by atoms with Crippen molar-refractivity contribution in [2.45, 2.75) is 38.7 Å². The van der Waals surface area contributed by atoms with E-state index in [0.717, 1.165) is 24.1 Å². The van der Waals surface area contributed by atoms with E-state index in [1.54, 1.807) is 0 Å². The Bertz CT molecular complexity index is 597. The van der Waals surface area contributed by atoms with Crippen molar-refractivity contribution >= 4 is 11.6 Å². The van der Waals surface area contributed by atoms with Gasteiger partial charge in [0.2, 0.25) is 0 Å². The van der Waals surface area contributed by atoms with Crippen LogP contribution in [0.1, 0.15) is 42.3 Å². The lowest BCUT2D eigenvalue weighted by atomic mass is 9.82. The predicted octanol–water partition coefficient (Wildman–Crippen LogP) is 4.28. The molecule has 1 fully saturated rings. The van der Waals surface area contributed by atoms with Gasteiger partial charge in [-0.25, -0.2) is 9.97 Å². The second-order valence-corrected chi connectivity index (χ2v) is 5.54. The maximum Gasteiger partial charge on any atom is 0.178 e. The first kappa shape index (κ1) is 13.4. The topological polar surface area (TPSA) is 35.0 Å². The van der Waals surface area contributed by atoms with Gasteiger partial charge in [-0.05, 0) is 25.3 Å². The zero-order valence-corrected chi connectivity index (χ0v) is 12.2. The first-order valence-electron chi connectivity index (χ1n) is 6.95. The summed E-state index contributed by atoms with van der Waals surface area (Å²) in [5, 5.41) is 0.426. The summed E-state index contributed by atoms with van der Waals surface area (Å²) < 4.78 is 5.91. The molecule has 104 valence electrons. The van der Waals surface area contributed by atoms with Crippen molar-refractivity contribution in [1.29, 1.82) is 0 Å². The number of rotatable bonds is 4. The summed E-state index contributed by atoms with van der Waals surface area (Å²) in [6.45, 7) is 2.36. The monoisotopic (exact) mass is 288 g/mol. The predicted molar refractivity (Wildman–Crippen MR) is 79.1 cm³/mol. The van der Waals surface area contributed by atoms with Gasteiger partial charge in [0.05, 0.1) is 5.69 Å². The zero-order valence-electron chi connectivity index (χ0n) is 11.5. The molecule has 1 aliphatic carbocycles. The van der Waals surface area contributed by atoms with Crippen LogP contribution < -0.4 is 4.74 Å². The van der Waals surface area contributed by atoms with E-state index >= 15 is 0 Å². The maximum atomic E-state index is 6.25. The summed E-state index contributed by atoms with van der Waals surface area (Å²) in [5.74, 6) is 1.84. The Balaban J connectivity index is 1.84. The largest absolute Gasteiger partial charge is 0.484 e. The third kappa shape index (κ3) is 2.78. The van der Waals surface area contributed by atoms with Crippen LogP contribution in [0.15, 0.2) is 30.3 Å². The van der Waals surface area contributed by atoms with Crippen LogP contribution in [0.2, 0.25) is 5.15 Å². The van der Waals surface area contributed by atoms with Gasteiger partial charge in [0, 0.05) is 5.92 Å². The standard InChI is InChI=1S/C16H17ClN2O/c1-11-18-14(13-8-5-9-13)15(16(17)19-11)20-10-12-6-3-2-4-7-12/h2-4,6-7,13H,5,8-10H2,1H3. The summed E-state index contributed by atoms with van der Waals surface area (Å²) in [6.07, 6.45) is 3.58. The van der Waals surface area contributed by atoms with E-state index in [1.165, 1.54) is 6.42 Å². The van der Waals surface area contributed by atoms with E-state index < -0.39 is 0 Å². The van der Waals surface area contributed by atoms with Crippen LogP contribution in [-0.4, -0.2) is 9.97 Å². The van der Waals surface area contributed by atoms with Gasteiger partial charge in [-0.2, -0.15) is 0 Å². The molecule has 1 aromatic heterocycles. The minimum absolute atomic E-state index is 0.426. The highest BCUT2D eigenvalue weighted by molar-refractivity contribution is 6.30. The summed E-state index contributed by atoms with van der Waals surface area (Å²) >= 11 is 6.25. The molecule has 0 atom stereocenters. The third-order valence-electron chi connectivity index (χ3n) is 3.68. The molecule has 0 bridgehead atoms. The van der Waals surface area contributed by atoms with Gasteiger partial charge >= 0.3 is 0 Å². The molecular formula is C16H17ClN2O. The quantitative estimate of drug-likeness (QED) is 0.788. The van der Waals surface area contributed by atoms with E-state index in [1.807, 2.05) is 37.3 Å². The van der Waals surface area contributed by atoms with Crippen LogP contribution in [0.4, 0.5) is 0 Å². The Hall–Kier alpha value is -1.61. The van der Waals surface area contributed by atoms with Gasteiger partial charge in [-0.15, -0.1) is 0 Å². The van der Waals surface area contributed by atoms with Crippen molar-refractivity contribution in [2.24, 2.45) is 0 Å². The molecule has 1 aromatic carbocycles. The minimum Gasteiger partial charge on any atom is -0.484 e. The number of benzene rings is 1. The SMILES string of the molecule is Cc1nc(Cl)c(OCc2ccccc2)c(C2CCC2)n1. The molecule has 1 heterocycles. The van der Waals surface area contributed by atoms with Gasteiger partial charge in [0.15, 0.2) is 10.9 Å². The maximum absolute atomic E-state index is 6.25. The van der Waals surface area contributed by atoms with E-state index in [4.69, 9.17) is 16.3 Å². The van der Waals surface area contributed by atoms with Crippen molar-refractivity contribution in [2.75, 3.05) is 0 Å². The zero-order chi connectivity index (χ0) is 13.9. The average Bonchev–Trinajstić information content (AvgIpc) is 2.37. The van der Waals surface area contributed by atoms with E-state index in [0.29, 0.717) is 29.3 Å². The molecular weight excluding hydrogens is 272 g/mol. The van der Waals surface area contributed by atoms with Crippen molar-refractivity contribution in [3.8, 4) is 5.75 Å². The molecule has 0 N–H and O–H groups in total. The van der Waals surface area contributed by atoms with Crippen LogP contribution in [0.5, 0.6) is 5.75 Å². The van der Waals surface area contributed by atoms with Crippen molar-refractivity contribution in [3.05, 3.63) is 52.6 Å².